The van der Waals surface area contributed by atoms with Gasteiger partial charge in [-0.3, -0.25) is 14.5 Å². The van der Waals surface area contributed by atoms with E-state index in [1.807, 2.05) is 4.90 Å². The number of carbonyl (C=O) groups is 4. The molecule has 1 amide bonds. The van der Waals surface area contributed by atoms with Crippen LogP contribution in [0.3, 0.4) is 0 Å². The Morgan fingerprint density at radius 3 is 2.38 bits per heavy atom. The second kappa shape index (κ2) is 12.2. The van der Waals surface area contributed by atoms with Crippen LogP contribution in [0.5, 0.6) is 0 Å². The van der Waals surface area contributed by atoms with E-state index in [4.69, 9.17) is 0 Å². The van der Waals surface area contributed by atoms with E-state index in [-0.39, 0.29) is 29.7 Å². The van der Waals surface area contributed by atoms with Crippen LogP contribution in [-0.2, 0) is 9.59 Å². The van der Waals surface area contributed by atoms with Crippen LogP contribution in [0.2, 0.25) is 0 Å². The smallest absolute Gasteiger partial charge is 0.255 e. The number of hydrogen-bond acceptors (Lipinski definition) is 7. The van der Waals surface area contributed by atoms with Gasteiger partial charge in [0, 0.05) is 51.8 Å². The molecule has 3 rings (SSSR count). The second-order valence-corrected chi connectivity index (χ2v) is 9.41. The highest BCUT2D eigenvalue weighted by Crippen LogP contribution is 2.27. The molecule has 0 aliphatic carbocycles. The standard InChI is InChI=1S/C25H35FN4O4/c1-27-7-5-19(6-8-27)16-29-9-11-30(12-10-29)24-15-22(20(17-32)14-23(24)26)25(34)28(2)21(18-33)4-3-13-31/h13-15,17-19,21H,3-12,16H2,1-2H3. The fourth-order valence-corrected chi connectivity index (χ4v) is 4.82. The number of piperidine rings is 1. The summed E-state index contributed by atoms with van der Waals surface area (Å²) in [6.07, 6.45) is 4.48. The summed E-state index contributed by atoms with van der Waals surface area (Å²) in [6, 6.07) is 1.72. The highest BCUT2D eigenvalue weighted by molar-refractivity contribution is 6.03. The van der Waals surface area contributed by atoms with Crippen molar-refractivity contribution in [2.75, 3.05) is 64.8 Å². The van der Waals surface area contributed by atoms with Crippen molar-refractivity contribution in [2.45, 2.75) is 31.7 Å². The number of aldehydes is 3. The number of rotatable bonds is 10. The third kappa shape index (κ3) is 6.27. The number of nitrogens with zero attached hydrogens (tertiary/aromatic N) is 4. The molecular weight excluding hydrogens is 439 g/mol. The molecule has 1 unspecified atom stereocenters. The fraction of sp³-hybridized carbons (Fsp3) is 0.600. The van der Waals surface area contributed by atoms with E-state index in [9.17, 15) is 23.6 Å². The Labute approximate surface area is 200 Å². The van der Waals surface area contributed by atoms with Crippen LogP contribution in [-0.4, -0.2) is 105 Å². The van der Waals surface area contributed by atoms with Crippen molar-refractivity contribution in [3.05, 3.63) is 29.1 Å². The average Bonchev–Trinajstić information content (AvgIpc) is 2.85. The van der Waals surface area contributed by atoms with E-state index in [0.29, 0.717) is 37.9 Å². The predicted molar refractivity (Wildman–Crippen MR) is 128 cm³/mol. The molecular formula is C25H35FN4O4. The van der Waals surface area contributed by atoms with Crippen LogP contribution in [0.4, 0.5) is 10.1 Å². The van der Waals surface area contributed by atoms with Crippen molar-refractivity contribution in [2.24, 2.45) is 5.92 Å². The molecule has 0 aromatic heterocycles. The molecule has 0 N–H and O–H groups in total. The van der Waals surface area contributed by atoms with Gasteiger partial charge in [-0.15, -0.1) is 0 Å². The van der Waals surface area contributed by atoms with Crippen LogP contribution in [0.1, 0.15) is 46.4 Å². The van der Waals surface area contributed by atoms with Crippen molar-refractivity contribution in [3.8, 4) is 0 Å². The van der Waals surface area contributed by atoms with Crippen molar-refractivity contribution < 1.29 is 23.6 Å². The second-order valence-electron chi connectivity index (χ2n) is 9.41. The molecule has 2 aliphatic heterocycles. The van der Waals surface area contributed by atoms with Gasteiger partial charge >= 0.3 is 0 Å². The van der Waals surface area contributed by atoms with Crippen molar-refractivity contribution in [1.29, 1.82) is 0 Å². The van der Waals surface area contributed by atoms with Crippen LogP contribution < -0.4 is 4.90 Å². The number of anilines is 1. The van der Waals surface area contributed by atoms with E-state index in [0.717, 1.165) is 38.8 Å². The average molecular weight is 475 g/mol. The lowest BCUT2D eigenvalue weighted by Gasteiger charge is -2.39. The molecule has 1 atom stereocenters. The van der Waals surface area contributed by atoms with Crippen LogP contribution in [0.25, 0.3) is 0 Å². The van der Waals surface area contributed by atoms with Gasteiger partial charge in [0.25, 0.3) is 5.91 Å². The maximum atomic E-state index is 14.9. The fourth-order valence-electron chi connectivity index (χ4n) is 4.82. The predicted octanol–water partition coefficient (Wildman–Crippen LogP) is 1.72. The van der Waals surface area contributed by atoms with E-state index in [1.165, 1.54) is 30.9 Å². The lowest BCUT2D eigenvalue weighted by atomic mass is 9.96. The summed E-state index contributed by atoms with van der Waals surface area (Å²) in [4.78, 5) is 54.7. The van der Waals surface area contributed by atoms with Crippen LogP contribution >= 0.6 is 0 Å². The Kier molecular flexibility index (Phi) is 9.29. The molecule has 2 fully saturated rings. The van der Waals surface area contributed by atoms with E-state index >= 15 is 0 Å². The molecule has 186 valence electrons. The molecule has 0 spiro atoms. The lowest BCUT2D eigenvalue weighted by Crippen LogP contribution is -2.49. The number of hydrogen-bond donors (Lipinski definition) is 0. The number of benzene rings is 1. The Morgan fingerprint density at radius 1 is 1.12 bits per heavy atom. The molecule has 2 heterocycles. The summed E-state index contributed by atoms with van der Waals surface area (Å²) in [5.74, 6) is -0.402. The highest BCUT2D eigenvalue weighted by Gasteiger charge is 2.27. The third-order valence-electron chi connectivity index (χ3n) is 7.10. The Hall–Kier alpha value is -2.65. The molecule has 2 saturated heterocycles. The van der Waals surface area contributed by atoms with E-state index in [2.05, 4.69) is 16.8 Å². The van der Waals surface area contributed by atoms with Gasteiger partial charge in [0.15, 0.2) is 6.29 Å². The quantitative estimate of drug-likeness (QED) is 0.478. The maximum absolute atomic E-state index is 14.9. The first-order valence-corrected chi connectivity index (χ1v) is 12.0. The summed E-state index contributed by atoms with van der Waals surface area (Å²) in [6.45, 7) is 6.19. The van der Waals surface area contributed by atoms with Gasteiger partial charge < -0.3 is 24.3 Å². The van der Waals surface area contributed by atoms with Gasteiger partial charge in [0.1, 0.15) is 18.4 Å². The first-order valence-electron chi connectivity index (χ1n) is 12.0. The summed E-state index contributed by atoms with van der Waals surface area (Å²) < 4.78 is 14.9. The van der Waals surface area contributed by atoms with Gasteiger partial charge in [0.2, 0.25) is 0 Å². The topological polar surface area (TPSA) is 81.2 Å². The minimum Gasteiger partial charge on any atom is -0.367 e. The van der Waals surface area contributed by atoms with Gasteiger partial charge in [-0.25, -0.2) is 4.39 Å². The number of piperazine rings is 1. The van der Waals surface area contributed by atoms with Crippen molar-refractivity contribution >= 4 is 30.5 Å². The molecule has 34 heavy (non-hydrogen) atoms. The zero-order valence-corrected chi connectivity index (χ0v) is 20.1. The molecule has 2 aliphatic rings. The lowest BCUT2D eigenvalue weighted by molar-refractivity contribution is -0.112. The zero-order chi connectivity index (χ0) is 24.7. The molecule has 1 aromatic carbocycles. The molecule has 0 bridgehead atoms. The Morgan fingerprint density at radius 2 is 1.79 bits per heavy atom. The van der Waals surface area contributed by atoms with Gasteiger partial charge in [-0.05, 0) is 57.5 Å². The monoisotopic (exact) mass is 474 g/mol. The normalized spacial score (nSPS) is 19.0. The summed E-state index contributed by atoms with van der Waals surface area (Å²) in [7, 11) is 3.60. The SMILES string of the molecule is CN1CCC(CN2CCN(c3cc(C(=O)N(C)C(C=O)CCC=O)c(C=O)cc3F)CC2)CC1. The minimum absolute atomic E-state index is 0.0561. The molecule has 0 radical (unpaired) electrons. The molecule has 8 nitrogen and oxygen atoms in total. The summed E-state index contributed by atoms with van der Waals surface area (Å²) in [5, 5.41) is 0. The van der Waals surface area contributed by atoms with Gasteiger partial charge in [-0.1, -0.05) is 0 Å². The van der Waals surface area contributed by atoms with Gasteiger partial charge in [0.05, 0.1) is 17.3 Å². The number of likely N-dealkylation sites (tertiary alicyclic amines) is 1. The minimum atomic E-state index is -0.797. The highest BCUT2D eigenvalue weighted by atomic mass is 19.1. The number of amides is 1. The molecule has 9 heteroatoms. The molecule has 1 aromatic rings. The third-order valence-corrected chi connectivity index (χ3v) is 7.10. The van der Waals surface area contributed by atoms with E-state index < -0.39 is 17.8 Å². The van der Waals surface area contributed by atoms with Crippen molar-refractivity contribution in [3.63, 3.8) is 0 Å². The Balaban J connectivity index is 1.70. The zero-order valence-electron chi connectivity index (χ0n) is 20.1. The maximum Gasteiger partial charge on any atom is 0.255 e. The first-order chi connectivity index (χ1) is 16.4. The van der Waals surface area contributed by atoms with Crippen molar-refractivity contribution in [1.82, 2.24) is 14.7 Å². The van der Waals surface area contributed by atoms with E-state index in [1.54, 1.807) is 0 Å². The molecule has 0 saturated carbocycles. The van der Waals surface area contributed by atoms with Gasteiger partial charge in [-0.2, -0.15) is 0 Å². The number of likely N-dealkylation sites (N-methyl/N-ethyl adjacent to an activating group) is 1. The van der Waals surface area contributed by atoms with Crippen LogP contribution in [0, 0.1) is 11.7 Å². The Bertz CT molecular complexity index is 880. The first kappa shape index (κ1) is 26.0. The summed E-state index contributed by atoms with van der Waals surface area (Å²) >= 11 is 0. The summed E-state index contributed by atoms with van der Waals surface area (Å²) in [5.41, 5.74) is 0.288. The number of carbonyl (C=O) groups excluding carboxylic acids is 4. The van der Waals surface area contributed by atoms with Crippen LogP contribution in [0.15, 0.2) is 12.1 Å². The number of halogens is 1. The largest absolute Gasteiger partial charge is 0.367 e.